The van der Waals surface area contributed by atoms with Crippen molar-refractivity contribution in [3.05, 3.63) is 45.9 Å². The Kier molecular flexibility index (Phi) is 10.00. The minimum Gasteiger partial charge on any atom is -0.493 e. The van der Waals surface area contributed by atoms with Crippen molar-refractivity contribution in [3.8, 4) is 17.2 Å². The minimum atomic E-state index is -0.516. The molecule has 198 valence electrons. The Bertz CT molecular complexity index is 1020. The lowest BCUT2D eigenvalue weighted by molar-refractivity contribution is 0.163. The molecule has 36 heavy (non-hydrogen) atoms. The van der Waals surface area contributed by atoms with Gasteiger partial charge in [-0.05, 0) is 61.9 Å². The van der Waals surface area contributed by atoms with Gasteiger partial charge < -0.3 is 24.8 Å². The van der Waals surface area contributed by atoms with Gasteiger partial charge in [-0.15, -0.1) is 0 Å². The number of piperidine rings is 1. The summed E-state index contributed by atoms with van der Waals surface area (Å²) in [5, 5.41) is 1.19. The summed E-state index contributed by atoms with van der Waals surface area (Å²) in [6.45, 7) is 6.84. The zero-order valence-corrected chi connectivity index (χ0v) is 23.2. The van der Waals surface area contributed by atoms with E-state index < -0.39 is 6.03 Å². The number of urea groups is 1. The molecule has 1 aliphatic rings. The fraction of sp³-hybridized carbons (Fsp3) is 0.519. The molecule has 1 aliphatic heterocycles. The maximum absolute atomic E-state index is 12.7. The smallest absolute Gasteiger partial charge is 0.319 e. The minimum absolute atomic E-state index is 0.128. The van der Waals surface area contributed by atoms with E-state index in [4.69, 9.17) is 43.1 Å². The van der Waals surface area contributed by atoms with Crippen LogP contribution in [0.5, 0.6) is 17.2 Å². The van der Waals surface area contributed by atoms with Crippen molar-refractivity contribution < 1.29 is 19.0 Å². The highest BCUT2D eigenvalue weighted by Crippen LogP contribution is 2.42. The summed E-state index contributed by atoms with van der Waals surface area (Å²) in [4.78, 5) is 16.8. The van der Waals surface area contributed by atoms with Gasteiger partial charge in [0, 0.05) is 18.7 Å². The van der Waals surface area contributed by atoms with E-state index in [2.05, 4.69) is 24.8 Å². The molecule has 1 atom stereocenters. The van der Waals surface area contributed by atoms with Crippen LogP contribution in [0.3, 0.4) is 0 Å². The zero-order chi connectivity index (χ0) is 26.4. The van der Waals surface area contributed by atoms with Gasteiger partial charge in [-0.25, -0.2) is 4.79 Å². The van der Waals surface area contributed by atoms with Crippen molar-refractivity contribution in [2.24, 2.45) is 17.6 Å². The van der Waals surface area contributed by atoms with Crippen LogP contribution in [-0.2, 0) is 6.42 Å². The van der Waals surface area contributed by atoms with Crippen molar-refractivity contribution in [1.82, 2.24) is 4.90 Å². The van der Waals surface area contributed by atoms with Gasteiger partial charge in [0.2, 0.25) is 5.75 Å². The monoisotopic (exact) mass is 537 g/mol. The van der Waals surface area contributed by atoms with E-state index in [-0.39, 0.29) is 12.0 Å². The first-order valence-corrected chi connectivity index (χ1v) is 13.0. The molecule has 1 saturated heterocycles. The SMILES string of the molecule is COc1cc(N(C(N)=O)[C@@H](CN2CCC(Cc3ccc(Cl)c(Cl)c3)CC2)C(C)C)cc(OC)c1OC. The average molecular weight is 539 g/mol. The predicted octanol–water partition coefficient (Wildman–Crippen LogP) is 5.88. The zero-order valence-electron chi connectivity index (χ0n) is 21.7. The number of hydrogen-bond acceptors (Lipinski definition) is 5. The molecule has 7 nitrogen and oxygen atoms in total. The number of hydrogen-bond donors (Lipinski definition) is 1. The number of halogens is 2. The highest BCUT2D eigenvalue weighted by Gasteiger charge is 2.31. The van der Waals surface area contributed by atoms with E-state index in [1.54, 1.807) is 38.4 Å². The molecule has 2 N–H and O–H groups in total. The van der Waals surface area contributed by atoms with Crippen molar-refractivity contribution in [3.63, 3.8) is 0 Å². The van der Waals surface area contributed by atoms with Crippen molar-refractivity contribution in [2.75, 3.05) is 45.9 Å². The number of rotatable bonds is 10. The van der Waals surface area contributed by atoms with Crippen LogP contribution < -0.4 is 24.8 Å². The molecule has 2 amide bonds. The number of anilines is 1. The van der Waals surface area contributed by atoms with Crippen molar-refractivity contribution in [1.29, 1.82) is 0 Å². The number of nitrogens with two attached hydrogens (primary N) is 1. The van der Waals surface area contributed by atoms with Gasteiger partial charge in [0.05, 0.1) is 43.1 Å². The van der Waals surface area contributed by atoms with E-state index in [1.165, 1.54) is 5.56 Å². The molecular weight excluding hydrogens is 501 g/mol. The largest absolute Gasteiger partial charge is 0.493 e. The number of benzene rings is 2. The Morgan fingerprint density at radius 2 is 1.64 bits per heavy atom. The Hall–Kier alpha value is -2.35. The number of nitrogens with zero attached hydrogens (tertiary/aromatic N) is 2. The predicted molar refractivity (Wildman–Crippen MR) is 146 cm³/mol. The van der Waals surface area contributed by atoms with E-state index in [0.717, 1.165) is 38.9 Å². The van der Waals surface area contributed by atoms with Crippen LogP contribution in [0.1, 0.15) is 32.3 Å². The molecule has 0 spiro atoms. The number of primary amides is 1. The van der Waals surface area contributed by atoms with Crippen LogP contribution in [0.25, 0.3) is 0 Å². The van der Waals surface area contributed by atoms with Gasteiger partial charge in [0.1, 0.15) is 0 Å². The molecule has 0 saturated carbocycles. The Balaban J connectivity index is 1.74. The standard InChI is InChI=1S/C27H37Cl2N3O4/c1-17(2)23(32(27(30)33)20-14-24(34-3)26(36-5)25(15-20)35-4)16-31-10-8-18(9-11-31)12-19-6-7-21(28)22(29)13-19/h6-7,13-15,17-18,23H,8-12,16H2,1-5H3,(H2,30,33)/t23-/m0/s1. The van der Waals surface area contributed by atoms with Crippen LogP contribution in [0.4, 0.5) is 10.5 Å². The molecule has 0 aromatic heterocycles. The van der Waals surface area contributed by atoms with Gasteiger partial charge in [-0.3, -0.25) is 4.90 Å². The molecule has 0 radical (unpaired) electrons. The number of amides is 2. The summed E-state index contributed by atoms with van der Waals surface area (Å²) in [5.74, 6) is 2.18. The van der Waals surface area contributed by atoms with Crippen molar-refractivity contribution in [2.45, 2.75) is 39.2 Å². The quantitative estimate of drug-likeness (QED) is 0.409. The Labute approximate surface area is 224 Å². The first-order valence-electron chi connectivity index (χ1n) is 12.2. The van der Waals surface area contributed by atoms with Crippen LogP contribution >= 0.6 is 23.2 Å². The van der Waals surface area contributed by atoms with Gasteiger partial charge in [0.15, 0.2) is 11.5 Å². The second-order valence-electron chi connectivity index (χ2n) is 9.60. The summed E-state index contributed by atoms with van der Waals surface area (Å²) in [7, 11) is 4.66. The Morgan fingerprint density at radius 1 is 1.03 bits per heavy atom. The fourth-order valence-electron chi connectivity index (χ4n) is 4.92. The summed E-state index contributed by atoms with van der Waals surface area (Å²) in [6.07, 6.45) is 3.13. The molecule has 0 bridgehead atoms. The van der Waals surface area contributed by atoms with E-state index >= 15 is 0 Å². The first kappa shape index (κ1) is 28.2. The molecule has 1 fully saturated rings. The van der Waals surface area contributed by atoms with Gasteiger partial charge >= 0.3 is 6.03 Å². The number of ether oxygens (including phenoxy) is 3. The molecule has 9 heteroatoms. The van der Waals surface area contributed by atoms with Crippen LogP contribution in [-0.4, -0.2) is 57.9 Å². The highest BCUT2D eigenvalue weighted by atomic mass is 35.5. The second-order valence-corrected chi connectivity index (χ2v) is 10.4. The molecule has 3 rings (SSSR count). The highest BCUT2D eigenvalue weighted by molar-refractivity contribution is 6.42. The lowest BCUT2D eigenvalue weighted by Crippen LogP contribution is -2.53. The van der Waals surface area contributed by atoms with Crippen LogP contribution in [0.2, 0.25) is 10.0 Å². The van der Waals surface area contributed by atoms with Crippen LogP contribution in [0, 0.1) is 11.8 Å². The maximum Gasteiger partial charge on any atom is 0.319 e. The number of likely N-dealkylation sites (tertiary alicyclic amines) is 1. The number of carbonyl (C=O) groups is 1. The summed E-state index contributed by atoms with van der Waals surface area (Å²) in [6, 6.07) is 8.78. The van der Waals surface area contributed by atoms with Gasteiger partial charge in [-0.2, -0.15) is 0 Å². The third kappa shape index (κ3) is 6.69. The summed E-state index contributed by atoms with van der Waals surface area (Å²) < 4.78 is 16.4. The van der Waals surface area contributed by atoms with E-state index in [1.807, 2.05) is 12.1 Å². The lowest BCUT2D eigenvalue weighted by Gasteiger charge is -2.40. The van der Waals surface area contributed by atoms with E-state index in [9.17, 15) is 4.79 Å². The maximum atomic E-state index is 12.7. The van der Waals surface area contributed by atoms with Crippen LogP contribution in [0.15, 0.2) is 30.3 Å². The number of carbonyl (C=O) groups excluding carboxylic acids is 1. The Morgan fingerprint density at radius 3 is 2.11 bits per heavy atom. The average Bonchev–Trinajstić information content (AvgIpc) is 2.85. The molecular formula is C27H37Cl2N3O4. The second kappa shape index (κ2) is 12.7. The van der Waals surface area contributed by atoms with Gasteiger partial charge in [-0.1, -0.05) is 43.1 Å². The number of methoxy groups -OCH3 is 3. The fourth-order valence-corrected chi connectivity index (χ4v) is 5.24. The third-order valence-corrected chi connectivity index (χ3v) is 7.67. The van der Waals surface area contributed by atoms with E-state index in [0.29, 0.717) is 38.9 Å². The molecule has 2 aromatic rings. The molecule has 2 aromatic carbocycles. The summed E-state index contributed by atoms with van der Waals surface area (Å²) in [5.41, 5.74) is 7.76. The van der Waals surface area contributed by atoms with Gasteiger partial charge in [0.25, 0.3) is 0 Å². The summed E-state index contributed by atoms with van der Waals surface area (Å²) >= 11 is 12.3. The molecule has 0 unspecified atom stereocenters. The topological polar surface area (TPSA) is 77.3 Å². The first-order chi connectivity index (χ1) is 17.2. The normalized spacial score (nSPS) is 15.6. The van der Waals surface area contributed by atoms with Crippen molar-refractivity contribution >= 4 is 34.9 Å². The third-order valence-electron chi connectivity index (χ3n) is 6.93. The molecule has 0 aliphatic carbocycles. The molecule has 1 heterocycles. The lowest BCUT2D eigenvalue weighted by atomic mass is 9.89.